The number of hydrogen-bond donors (Lipinski definition) is 1. The van der Waals surface area contributed by atoms with Gasteiger partial charge in [0.15, 0.2) is 0 Å². The molecule has 1 nitrogen and oxygen atoms in total. The lowest BCUT2D eigenvalue weighted by molar-refractivity contribution is 0.355. The molecule has 1 aliphatic heterocycles. The van der Waals surface area contributed by atoms with Crippen molar-refractivity contribution >= 4 is 11.8 Å². The van der Waals surface area contributed by atoms with E-state index in [-0.39, 0.29) is 0 Å². The third-order valence-electron chi connectivity index (χ3n) is 4.09. The highest BCUT2D eigenvalue weighted by atomic mass is 32.2. The molecule has 15 heavy (non-hydrogen) atoms. The summed E-state index contributed by atoms with van der Waals surface area (Å²) in [5.41, 5.74) is 6.47. The zero-order valence-corrected chi connectivity index (χ0v) is 10.6. The van der Waals surface area contributed by atoms with Crippen LogP contribution in [0.25, 0.3) is 0 Å². The average Bonchev–Trinajstić information content (AvgIpc) is 2.58. The molecule has 1 saturated carbocycles. The first-order chi connectivity index (χ1) is 7.38. The zero-order chi connectivity index (χ0) is 10.5. The monoisotopic (exact) mass is 227 g/mol. The Hall–Kier alpha value is 0.310. The van der Waals surface area contributed by atoms with Crippen LogP contribution in [0.2, 0.25) is 0 Å². The number of rotatable bonds is 2. The molecule has 2 N–H and O–H groups in total. The van der Waals surface area contributed by atoms with Crippen LogP contribution >= 0.6 is 11.8 Å². The summed E-state index contributed by atoms with van der Waals surface area (Å²) >= 11 is 2.15. The van der Waals surface area contributed by atoms with Gasteiger partial charge in [-0.1, -0.05) is 32.1 Å². The maximum Gasteiger partial charge on any atom is 0.0201 e. The minimum atomic E-state index is 0.494. The number of nitrogens with two attached hydrogens (primary N) is 1. The van der Waals surface area contributed by atoms with Crippen LogP contribution < -0.4 is 5.73 Å². The first-order valence-corrected chi connectivity index (χ1v) is 7.80. The minimum absolute atomic E-state index is 0.494. The smallest absolute Gasteiger partial charge is 0.0201 e. The Morgan fingerprint density at radius 1 is 0.867 bits per heavy atom. The molecule has 2 fully saturated rings. The van der Waals surface area contributed by atoms with Crippen molar-refractivity contribution in [2.24, 2.45) is 11.7 Å². The van der Waals surface area contributed by atoms with E-state index in [9.17, 15) is 0 Å². The second-order valence-corrected chi connectivity index (χ2v) is 6.58. The lowest BCUT2D eigenvalue weighted by Gasteiger charge is -2.32. The fourth-order valence-electron chi connectivity index (χ4n) is 3.07. The second kappa shape index (κ2) is 6.15. The van der Waals surface area contributed by atoms with Crippen molar-refractivity contribution in [3.63, 3.8) is 0 Å². The lowest BCUT2D eigenvalue weighted by atomic mass is 9.88. The highest BCUT2D eigenvalue weighted by Gasteiger charge is 2.28. The van der Waals surface area contributed by atoms with Gasteiger partial charge in [-0.2, -0.15) is 11.8 Å². The Labute approximate surface area is 98.6 Å². The van der Waals surface area contributed by atoms with Crippen molar-refractivity contribution in [1.82, 2.24) is 0 Å². The molecule has 0 radical (unpaired) electrons. The molecule has 0 amide bonds. The van der Waals surface area contributed by atoms with Gasteiger partial charge in [-0.25, -0.2) is 0 Å². The topological polar surface area (TPSA) is 26.0 Å². The normalized spacial score (nSPS) is 32.2. The zero-order valence-electron chi connectivity index (χ0n) is 9.79. The predicted molar refractivity (Wildman–Crippen MR) is 69.3 cm³/mol. The number of thioether (sulfide) groups is 1. The van der Waals surface area contributed by atoms with Crippen LogP contribution in [0, 0.1) is 5.92 Å². The molecule has 2 heteroatoms. The van der Waals surface area contributed by atoms with Crippen LogP contribution in [0.4, 0.5) is 0 Å². The van der Waals surface area contributed by atoms with Gasteiger partial charge in [-0.05, 0) is 37.4 Å². The molecule has 0 spiro atoms. The first-order valence-electron chi connectivity index (χ1n) is 6.75. The minimum Gasteiger partial charge on any atom is -0.326 e. The lowest BCUT2D eigenvalue weighted by Crippen LogP contribution is -2.40. The van der Waals surface area contributed by atoms with Crippen molar-refractivity contribution in [1.29, 1.82) is 0 Å². The van der Waals surface area contributed by atoms with Gasteiger partial charge in [0.1, 0.15) is 0 Å². The Bertz CT molecular complexity index is 169. The van der Waals surface area contributed by atoms with E-state index in [1.807, 2.05) is 0 Å². The molecule has 2 unspecified atom stereocenters. The Morgan fingerprint density at radius 2 is 1.53 bits per heavy atom. The molecule has 2 rings (SSSR count). The van der Waals surface area contributed by atoms with Crippen LogP contribution in [0.15, 0.2) is 0 Å². The van der Waals surface area contributed by atoms with Gasteiger partial charge in [0.25, 0.3) is 0 Å². The largest absolute Gasteiger partial charge is 0.326 e. The molecule has 0 aromatic heterocycles. The van der Waals surface area contributed by atoms with Gasteiger partial charge in [0.05, 0.1) is 0 Å². The summed E-state index contributed by atoms with van der Waals surface area (Å²) in [4.78, 5) is 0. The SMILES string of the molecule is NC(C1CCCCCC1)C1CCCCS1. The van der Waals surface area contributed by atoms with Crippen LogP contribution in [0.1, 0.15) is 57.8 Å². The quantitative estimate of drug-likeness (QED) is 0.730. The number of hydrogen-bond acceptors (Lipinski definition) is 2. The fraction of sp³-hybridized carbons (Fsp3) is 1.00. The molecular formula is C13H25NS. The van der Waals surface area contributed by atoms with Crippen molar-refractivity contribution in [2.75, 3.05) is 5.75 Å². The van der Waals surface area contributed by atoms with Crippen molar-refractivity contribution in [3.8, 4) is 0 Å². The predicted octanol–water partition coefficient (Wildman–Crippen LogP) is 3.57. The van der Waals surface area contributed by atoms with E-state index in [1.54, 1.807) is 0 Å². The van der Waals surface area contributed by atoms with Crippen LogP contribution in [-0.2, 0) is 0 Å². The molecule has 0 aromatic rings. The third kappa shape index (κ3) is 3.39. The van der Waals surface area contributed by atoms with Gasteiger partial charge in [0, 0.05) is 11.3 Å². The summed E-state index contributed by atoms with van der Waals surface area (Å²) in [6.45, 7) is 0. The molecule has 0 bridgehead atoms. The average molecular weight is 227 g/mol. The van der Waals surface area contributed by atoms with Crippen LogP contribution in [0.5, 0.6) is 0 Å². The Morgan fingerprint density at radius 3 is 2.13 bits per heavy atom. The molecule has 1 saturated heterocycles. The van der Waals surface area contributed by atoms with Crippen molar-refractivity contribution in [2.45, 2.75) is 69.1 Å². The first kappa shape index (κ1) is 11.8. The summed E-state index contributed by atoms with van der Waals surface area (Å²) in [5, 5.41) is 0.779. The third-order valence-corrected chi connectivity index (χ3v) is 5.59. The highest BCUT2D eigenvalue weighted by molar-refractivity contribution is 8.00. The van der Waals surface area contributed by atoms with Crippen LogP contribution in [-0.4, -0.2) is 17.0 Å². The van der Waals surface area contributed by atoms with E-state index in [1.165, 1.54) is 63.5 Å². The molecule has 0 aromatic carbocycles. The van der Waals surface area contributed by atoms with E-state index in [0.29, 0.717) is 6.04 Å². The fourth-order valence-corrected chi connectivity index (χ4v) is 4.52. The maximum absolute atomic E-state index is 6.47. The van der Waals surface area contributed by atoms with Gasteiger partial charge < -0.3 is 5.73 Å². The van der Waals surface area contributed by atoms with Gasteiger partial charge in [-0.3, -0.25) is 0 Å². The molecular weight excluding hydrogens is 202 g/mol. The summed E-state index contributed by atoms with van der Waals surface area (Å²) in [6, 6.07) is 0.494. The van der Waals surface area contributed by atoms with Gasteiger partial charge >= 0.3 is 0 Å². The van der Waals surface area contributed by atoms with Gasteiger partial charge in [0.2, 0.25) is 0 Å². The van der Waals surface area contributed by atoms with E-state index in [0.717, 1.165) is 11.2 Å². The van der Waals surface area contributed by atoms with E-state index in [2.05, 4.69) is 11.8 Å². The van der Waals surface area contributed by atoms with E-state index in [4.69, 9.17) is 5.73 Å². The van der Waals surface area contributed by atoms with Crippen LogP contribution in [0.3, 0.4) is 0 Å². The summed E-state index contributed by atoms with van der Waals surface area (Å²) < 4.78 is 0. The standard InChI is InChI=1S/C13H25NS/c14-13(12-9-5-6-10-15-12)11-7-3-1-2-4-8-11/h11-13H,1-10,14H2. The molecule has 88 valence electrons. The highest BCUT2D eigenvalue weighted by Crippen LogP contribution is 2.34. The Balaban J connectivity index is 1.83. The molecule has 1 heterocycles. The van der Waals surface area contributed by atoms with Gasteiger partial charge in [-0.15, -0.1) is 0 Å². The summed E-state index contributed by atoms with van der Waals surface area (Å²) in [6.07, 6.45) is 12.8. The second-order valence-electron chi connectivity index (χ2n) is 5.23. The van der Waals surface area contributed by atoms with Crippen molar-refractivity contribution in [3.05, 3.63) is 0 Å². The summed E-state index contributed by atoms with van der Waals surface area (Å²) in [5.74, 6) is 2.19. The summed E-state index contributed by atoms with van der Waals surface area (Å²) in [7, 11) is 0. The molecule has 2 atom stereocenters. The van der Waals surface area contributed by atoms with E-state index < -0.39 is 0 Å². The maximum atomic E-state index is 6.47. The Kier molecular flexibility index (Phi) is 4.83. The molecule has 1 aliphatic carbocycles. The van der Waals surface area contributed by atoms with E-state index >= 15 is 0 Å². The van der Waals surface area contributed by atoms with Crippen molar-refractivity contribution < 1.29 is 0 Å². The molecule has 2 aliphatic rings.